The summed E-state index contributed by atoms with van der Waals surface area (Å²) in [6, 6.07) is 20.4. The van der Waals surface area contributed by atoms with Crippen LogP contribution < -0.4 is 9.73 Å². The second kappa shape index (κ2) is 9.23. The highest BCUT2D eigenvalue weighted by molar-refractivity contribution is 9.10. The molecule has 30 heavy (non-hydrogen) atoms. The van der Waals surface area contributed by atoms with Crippen LogP contribution in [0.15, 0.2) is 87.3 Å². The highest BCUT2D eigenvalue weighted by atomic mass is 79.9. The van der Waals surface area contributed by atoms with Gasteiger partial charge in [0.1, 0.15) is 0 Å². The quantitative estimate of drug-likeness (QED) is 0.416. The van der Waals surface area contributed by atoms with Gasteiger partial charge >= 0.3 is 0 Å². The van der Waals surface area contributed by atoms with E-state index in [1.54, 1.807) is 54.7 Å². The van der Waals surface area contributed by atoms with Crippen molar-refractivity contribution in [2.45, 2.75) is 11.8 Å². The Morgan fingerprint density at radius 1 is 1.03 bits per heavy atom. The van der Waals surface area contributed by atoms with Gasteiger partial charge < -0.3 is 0 Å². The molecule has 3 aromatic rings. The number of hydrogen-bond donors (Lipinski definition) is 1. The van der Waals surface area contributed by atoms with Crippen LogP contribution >= 0.6 is 15.9 Å². The van der Waals surface area contributed by atoms with E-state index < -0.39 is 15.9 Å². The maximum absolute atomic E-state index is 12.8. The summed E-state index contributed by atoms with van der Waals surface area (Å²) < 4.78 is 27.7. The van der Waals surface area contributed by atoms with Crippen LogP contribution in [0.25, 0.3) is 0 Å². The minimum absolute atomic E-state index is 0.208. The highest BCUT2D eigenvalue weighted by Gasteiger charge is 2.21. The third-order valence-electron chi connectivity index (χ3n) is 4.40. The molecule has 0 saturated carbocycles. The number of sulfonamides is 1. The van der Waals surface area contributed by atoms with Crippen molar-refractivity contribution < 1.29 is 13.2 Å². The first-order valence-electron chi connectivity index (χ1n) is 9.02. The zero-order chi connectivity index (χ0) is 21.7. The number of halogens is 1. The Kier molecular flexibility index (Phi) is 6.69. The van der Waals surface area contributed by atoms with E-state index in [0.717, 1.165) is 15.6 Å². The van der Waals surface area contributed by atoms with Crippen molar-refractivity contribution in [3.05, 3.63) is 94.0 Å². The number of anilines is 1. The molecular formula is C22H20BrN3O3S. The van der Waals surface area contributed by atoms with Crippen molar-refractivity contribution in [3.8, 4) is 0 Å². The van der Waals surface area contributed by atoms with Gasteiger partial charge in [0.25, 0.3) is 15.9 Å². The molecular weight excluding hydrogens is 466 g/mol. The maximum Gasteiger partial charge on any atom is 0.271 e. The van der Waals surface area contributed by atoms with Gasteiger partial charge in [0.15, 0.2) is 0 Å². The van der Waals surface area contributed by atoms with Crippen molar-refractivity contribution in [1.29, 1.82) is 0 Å². The lowest BCUT2D eigenvalue weighted by Crippen LogP contribution is -2.26. The Labute approximate surface area is 184 Å². The summed E-state index contributed by atoms with van der Waals surface area (Å²) in [5, 5.41) is 3.95. The summed E-state index contributed by atoms with van der Waals surface area (Å²) in [6.07, 6.45) is 1.54. The zero-order valence-corrected chi connectivity index (χ0v) is 18.8. The molecule has 1 N–H and O–H groups in total. The summed E-state index contributed by atoms with van der Waals surface area (Å²) in [7, 11) is -2.21. The fourth-order valence-electron chi connectivity index (χ4n) is 2.65. The number of carbonyl (C=O) groups excluding carboxylic acids is 1. The van der Waals surface area contributed by atoms with Gasteiger partial charge in [-0.05, 0) is 61.0 Å². The number of benzene rings is 3. The molecule has 0 fully saturated rings. The maximum atomic E-state index is 12.8. The zero-order valence-electron chi connectivity index (χ0n) is 16.4. The van der Waals surface area contributed by atoms with Crippen molar-refractivity contribution in [2.75, 3.05) is 11.4 Å². The minimum Gasteiger partial charge on any atom is -0.269 e. The lowest BCUT2D eigenvalue weighted by Gasteiger charge is -2.19. The van der Waals surface area contributed by atoms with E-state index in [9.17, 15) is 13.2 Å². The molecule has 0 radical (unpaired) electrons. The molecule has 0 aliphatic rings. The first-order valence-corrected chi connectivity index (χ1v) is 11.3. The lowest BCUT2D eigenvalue weighted by atomic mass is 10.2. The number of nitrogens with one attached hydrogen (secondary N) is 1. The van der Waals surface area contributed by atoms with Gasteiger partial charge in [0.05, 0.1) is 16.8 Å². The summed E-state index contributed by atoms with van der Waals surface area (Å²) in [5.74, 6) is -0.392. The van der Waals surface area contributed by atoms with Crippen LogP contribution in [0.5, 0.6) is 0 Å². The molecule has 0 atom stereocenters. The van der Waals surface area contributed by atoms with Crippen molar-refractivity contribution in [1.82, 2.24) is 5.43 Å². The summed E-state index contributed by atoms with van der Waals surface area (Å²) in [6.45, 7) is 1.90. The smallest absolute Gasteiger partial charge is 0.269 e. The van der Waals surface area contributed by atoms with E-state index in [1.165, 1.54) is 11.4 Å². The molecule has 3 aromatic carbocycles. The van der Waals surface area contributed by atoms with Gasteiger partial charge in [-0.2, -0.15) is 5.10 Å². The number of hydrogen-bond acceptors (Lipinski definition) is 4. The Balaban J connectivity index is 1.69. The lowest BCUT2D eigenvalue weighted by molar-refractivity contribution is 0.0955. The number of hydrazone groups is 1. The SMILES string of the molecule is Cc1ccc(S(=O)(=O)N(C)c2ccc(C(=O)N/N=C\c3cccc(Br)c3)cc2)cc1. The molecule has 0 aliphatic heterocycles. The van der Waals surface area contributed by atoms with Gasteiger partial charge in [-0.25, -0.2) is 13.8 Å². The molecule has 0 aromatic heterocycles. The van der Waals surface area contributed by atoms with E-state index in [-0.39, 0.29) is 4.90 Å². The van der Waals surface area contributed by atoms with Crippen molar-refractivity contribution in [3.63, 3.8) is 0 Å². The van der Waals surface area contributed by atoms with E-state index in [4.69, 9.17) is 0 Å². The van der Waals surface area contributed by atoms with Crippen LogP contribution in [-0.2, 0) is 10.0 Å². The third-order valence-corrected chi connectivity index (χ3v) is 6.69. The molecule has 154 valence electrons. The van der Waals surface area contributed by atoms with Crippen molar-refractivity contribution >= 4 is 43.8 Å². The molecule has 3 rings (SSSR count). The average molecular weight is 486 g/mol. The third kappa shape index (κ3) is 5.14. The number of rotatable bonds is 6. The largest absolute Gasteiger partial charge is 0.271 e. The molecule has 0 aliphatic carbocycles. The van der Waals surface area contributed by atoms with E-state index in [0.29, 0.717) is 11.3 Å². The van der Waals surface area contributed by atoms with E-state index >= 15 is 0 Å². The number of carbonyl (C=O) groups is 1. The van der Waals surface area contributed by atoms with Gasteiger partial charge in [0.2, 0.25) is 0 Å². The predicted octanol–water partition coefficient (Wildman–Crippen LogP) is 4.35. The highest BCUT2D eigenvalue weighted by Crippen LogP contribution is 2.22. The second-order valence-electron chi connectivity index (χ2n) is 6.59. The molecule has 0 spiro atoms. The number of amides is 1. The van der Waals surface area contributed by atoms with Crippen LogP contribution in [-0.4, -0.2) is 27.6 Å². The van der Waals surface area contributed by atoms with Gasteiger partial charge in [-0.1, -0.05) is 45.8 Å². The Hall–Kier alpha value is -2.97. The van der Waals surface area contributed by atoms with Crippen LogP contribution in [0.1, 0.15) is 21.5 Å². The molecule has 0 bridgehead atoms. The fraction of sp³-hybridized carbons (Fsp3) is 0.0909. The van der Waals surface area contributed by atoms with Crippen LogP contribution in [0, 0.1) is 6.92 Å². The summed E-state index contributed by atoms with van der Waals surface area (Å²) in [4.78, 5) is 12.5. The van der Waals surface area contributed by atoms with Gasteiger partial charge in [-0.15, -0.1) is 0 Å². The van der Waals surface area contributed by atoms with Crippen molar-refractivity contribution in [2.24, 2.45) is 5.10 Å². The number of nitrogens with zero attached hydrogens (tertiary/aromatic N) is 2. The second-order valence-corrected chi connectivity index (χ2v) is 9.47. The molecule has 0 heterocycles. The predicted molar refractivity (Wildman–Crippen MR) is 122 cm³/mol. The molecule has 0 saturated heterocycles. The van der Waals surface area contributed by atoms with Gasteiger partial charge in [0, 0.05) is 17.1 Å². The summed E-state index contributed by atoms with van der Waals surface area (Å²) >= 11 is 3.37. The average Bonchev–Trinajstić information content (AvgIpc) is 2.73. The summed E-state index contributed by atoms with van der Waals surface area (Å²) in [5.41, 5.74) is 5.09. The monoisotopic (exact) mass is 485 g/mol. The molecule has 1 amide bonds. The Morgan fingerprint density at radius 2 is 1.70 bits per heavy atom. The first-order chi connectivity index (χ1) is 14.3. The van der Waals surface area contributed by atoms with Crippen LogP contribution in [0.3, 0.4) is 0 Å². The molecule has 0 unspecified atom stereocenters. The first kappa shape index (κ1) is 21.7. The normalized spacial score (nSPS) is 11.4. The molecule has 8 heteroatoms. The van der Waals surface area contributed by atoms with Gasteiger partial charge in [-0.3, -0.25) is 9.10 Å². The Bertz CT molecular complexity index is 1180. The minimum atomic E-state index is -3.68. The van der Waals surface area contributed by atoms with Crippen LogP contribution in [0.4, 0.5) is 5.69 Å². The number of aryl methyl sites for hydroxylation is 1. The van der Waals surface area contributed by atoms with Crippen LogP contribution in [0.2, 0.25) is 0 Å². The fourth-order valence-corrected chi connectivity index (χ4v) is 4.26. The van der Waals surface area contributed by atoms with E-state index in [2.05, 4.69) is 26.5 Å². The van der Waals surface area contributed by atoms with E-state index in [1.807, 2.05) is 31.2 Å². The molecule has 6 nitrogen and oxygen atoms in total. The Morgan fingerprint density at radius 3 is 2.33 bits per heavy atom. The standard InChI is InChI=1S/C22H20BrN3O3S/c1-16-6-12-21(13-7-16)30(28,29)26(2)20-10-8-18(9-11-20)22(27)25-24-15-17-4-3-5-19(23)14-17/h3-15H,1-2H3,(H,25,27)/b24-15-. The topological polar surface area (TPSA) is 78.8 Å².